The molecule has 1 amide bonds. The van der Waals surface area contributed by atoms with Crippen LogP contribution in [0.4, 0.5) is 4.79 Å². The average Bonchev–Trinajstić information content (AvgIpc) is 3.39. The highest BCUT2D eigenvalue weighted by Crippen LogP contribution is 2.44. The van der Waals surface area contributed by atoms with E-state index < -0.39 is 0 Å². The van der Waals surface area contributed by atoms with Gasteiger partial charge < -0.3 is 14.7 Å². The van der Waals surface area contributed by atoms with Gasteiger partial charge in [0.25, 0.3) is 0 Å². The smallest absolute Gasteiger partial charge is 0.409 e. The first-order valence-electron chi connectivity index (χ1n) is 11.7. The molecule has 164 valence electrons. The molecule has 5 nitrogen and oxygen atoms in total. The SMILES string of the molecule is O=C(OCC1c2ccccc2-c2ccccc21)N1CCCC(CN2CCC[C@H]2CO)C1. The van der Waals surface area contributed by atoms with E-state index in [0.29, 0.717) is 18.6 Å². The number of aliphatic hydroxyl groups is 1. The summed E-state index contributed by atoms with van der Waals surface area (Å²) >= 11 is 0. The lowest BCUT2D eigenvalue weighted by Gasteiger charge is -2.35. The Kier molecular flexibility index (Phi) is 5.97. The second kappa shape index (κ2) is 9.01. The van der Waals surface area contributed by atoms with Crippen LogP contribution in [0.25, 0.3) is 11.1 Å². The van der Waals surface area contributed by atoms with Crippen molar-refractivity contribution in [1.82, 2.24) is 9.80 Å². The standard InChI is InChI=1S/C26H32N2O3/c29-17-20-8-6-13-27(20)15-19-7-5-14-28(16-19)26(30)31-18-25-23-11-3-1-9-21(23)22-10-2-4-12-24(22)25/h1-4,9-12,19-20,25,29H,5-8,13-18H2/t19?,20-/m0/s1. The topological polar surface area (TPSA) is 53.0 Å². The van der Waals surface area contributed by atoms with Crippen LogP contribution >= 0.6 is 0 Å². The van der Waals surface area contributed by atoms with E-state index in [1.165, 1.54) is 22.3 Å². The van der Waals surface area contributed by atoms with Gasteiger partial charge in [-0.2, -0.15) is 0 Å². The lowest BCUT2D eigenvalue weighted by atomic mass is 9.97. The first kappa shape index (κ1) is 20.5. The zero-order valence-corrected chi connectivity index (χ0v) is 18.1. The maximum atomic E-state index is 12.9. The van der Waals surface area contributed by atoms with Crippen molar-refractivity contribution in [2.24, 2.45) is 5.92 Å². The number of nitrogens with zero attached hydrogens (tertiary/aromatic N) is 2. The fourth-order valence-electron chi connectivity index (χ4n) is 5.74. The zero-order valence-electron chi connectivity index (χ0n) is 18.1. The molecule has 1 aliphatic carbocycles. The number of ether oxygens (including phenoxy) is 1. The minimum atomic E-state index is -0.188. The van der Waals surface area contributed by atoms with Gasteiger partial charge in [-0.1, -0.05) is 48.5 Å². The second-order valence-corrected chi connectivity index (χ2v) is 9.23. The average molecular weight is 421 g/mol. The number of carbonyl (C=O) groups is 1. The third-order valence-electron chi connectivity index (χ3n) is 7.32. The van der Waals surface area contributed by atoms with Crippen LogP contribution in [0, 0.1) is 5.92 Å². The van der Waals surface area contributed by atoms with Crippen LogP contribution in [0.3, 0.4) is 0 Å². The van der Waals surface area contributed by atoms with E-state index in [9.17, 15) is 9.90 Å². The van der Waals surface area contributed by atoms with E-state index in [1.807, 2.05) is 4.90 Å². The van der Waals surface area contributed by atoms with E-state index >= 15 is 0 Å². The van der Waals surface area contributed by atoms with Crippen LogP contribution in [0.2, 0.25) is 0 Å². The zero-order chi connectivity index (χ0) is 21.2. The number of fused-ring (bicyclic) bond motifs is 3. The van der Waals surface area contributed by atoms with Crippen LogP contribution in [-0.4, -0.2) is 66.4 Å². The number of hydrogen-bond donors (Lipinski definition) is 1. The number of benzene rings is 2. The lowest BCUT2D eigenvalue weighted by molar-refractivity contribution is 0.0698. The van der Waals surface area contributed by atoms with Crippen LogP contribution < -0.4 is 0 Å². The first-order chi connectivity index (χ1) is 15.2. The normalized spacial score (nSPS) is 23.6. The quantitative estimate of drug-likeness (QED) is 0.791. The summed E-state index contributed by atoms with van der Waals surface area (Å²) in [6.45, 7) is 4.18. The minimum absolute atomic E-state index is 0.104. The number of carbonyl (C=O) groups excluding carboxylic acids is 1. The maximum Gasteiger partial charge on any atom is 0.409 e. The molecule has 3 aliphatic rings. The van der Waals surface area contributed by atoms with Gasteiger partial charge in [-0.3, -0.25) is 4.90 Å². The number of piperidine rings is 1. The fraction of sp³-hybridized carbons (Fsp3) is 0.500. The van der Waals surface area contributed by atoms with Crippen molar-refractivity contribution in [1.29, 1.82) is 0 Å². The lowest BCUT2D eigenvalue weighted by Crippen LogP contribution is -2.45. The summed E-state index contributed by atoms with van der Waals surface area (Å²) in [5.74, 6) is 0.563. The summed E-state index contributed by atoms with van der Waals surface area (Å²) in [6.07, 6.45) is 4.22. The van der Waals surface area contributed by atoms with Crippen molar-refractivity contribution < 1.29 is 14.6 Å². The maximum absolute atomic E-state index is 12.9. The Morgan fingerprint density at radius 1 is 0.968 bits per heavy atom. The van der Waals surface area contributed by atoms with Gasteiger partial charge in [0.05, 0.1) is 6.61 Å². The first-order valence-corrected chi connectivity index (χ1v) is 11.7. The van der Waals surface area contributed by atoms with E-state index in [1.54, 1.807) is 0 Å². The predicted molar refractivity (Wildman–Crippen MR) is 121 cm³/mol. The number of rotatable bonds is 5. The van der Waals surface area contributed by atoms with Gasteiger partial charge in [0.15, 0.2) is 0 Å². The highest BCUT2D eigenvalue weighted by Gasteiger charge is 2.32. The molecule has 2 aromatic carbocycles. The summed E-state index contributed by atoms with van der Waals surface area (Å²) in [6, 6.07) is 17.2. The number of likely N-dealkylation sites (tertiary alicyclic amines) is 2. The Bertz CT molecular complexity index is 885. The Hall–Kier alpha value is -2.37. The third-order valence-corrected chi connectivity index (χ3v) is 7.32. The molecule has 1 N–H and O–H groups in total. The highest BCUT2D eigenvalue weighted by molar-refractivity contribution is 5.79. The van der Waals surface area contributed by atoms with Crippen molar-refractivity contribution >= 4 is 6.09 Å². The number of hydrogen-bond acceptors (Lipinski definition) is 4. The molecular formula is C26H32N2O3. The molecule has 2 heterocycles. The molecule has 2 atom stereocenters. The largest absolute Gasteiger partial charge is 0.448 e. The van der Waals surface area contributed by atoms with Gasteiger partial charge in [-0.15, -0.1) is 0 Å². The molecule has 2 fully saturated rings. The summed E-state index contributed by atoms with van der Waals surface area (Å²) in [7, 11) is 0. The highest BCUT2D eigenvalue weighted by atomic mass is 16.6. The van der Waals surface area contributed by atoms with Crippen molar-refractivity contribution in [3.05, 3.63) is 59.7 Å². The van der Waals surface area contributed by atoms with Gasteiger partial charge in [-0.25, -0.2) is 4.79 Å². The Morgan fingerprint density at radius 2 is 1.65 bits per heavy atom. The van der Waals surface area contributed by atoms with E-state index in [2.05, 4.69) is 53.4 Å². The second-order valence-electron chi connectivity index (χ2n) is 9.23. The van der Waals surface area contributed by atoms with Crippen molar-refractivity contribution in [3.63, 3.8) is 0 Å². The minimum Gasteiger partial charge on any atom is -0.448 e. The predicted octanol–water partition coefficient (Wildman–Crippen LogP) is 4.10. The van der Waals surface area contributed by atoms with Gasteiger partial charge in [-0.05, 0) is 60.4 Å². The van der Waals surface area contributed by atoms with Crippen molar-refractivity contribution in [3.8, 4) is 11.1 Å². The molecule has 5 heteroatoms. The summed E-state index contributed by atoms with van der Waals surface area (Å²) in [5, 5.41) is 9.59. The summed E-state index contributed by atoms with van der Waals surface area (Å²) < 4.78 is 5.87. The van der Waals surface area contributed by atoms with Crippen LogP contribution in [0.5, 0.6) is 0 Å². The molecule has 2 aromatic rings. The van der Waals surface area contributed by atoms with E-state index in [4.69, 9.17) is 4.74 Å². The molecule has 2 saturated heterocycles. The number of amides is 1. The molecule has 0 saturated carbocycles. The van der Waals surface area contributed by atoms with Gasteiger partial charge in [0.2, 0.25) is 0 Å². The van der Waals surface area contributed by atoms with Gasteiger partial charge in [0, 0.05) is 31.6 Å². The molecule has 0 radical (unpaired) electrons. The molecule has 1 unspecified atom stereocenters. The summed E-state index contributed by atoms with van der Waals surface area (Å²) in [4.78, 5) is 17.2. The molecule has 0 spiro atoms. The molecule has 0 bridgehead atoms. The Labute approximate surface area is 184 Å². The molecule has 0 aromatic heterocycles. The molecule has 5 rings (SSSR count). The monoisotopic (exact) mass is 420 g/mol. The molecule has 31 heavy (non-hydrogen) atoms. The third kappa shape index (κ3) is 4.09. The summed E-state index contributed by atoms with van der Waals surface area (Å²) in [5.41, 5.74) is 5.00. The number of aliphatic hydroxyl groups excluding tert-OH is 1. The molecular weight excluding hydrogens is 388 g/mol. The Morgan fingerprint density at radius 3 is 2.35 bits per heavy atom. The van der Waals surface area contributed by atoms with Crippen LogP contribution in [-0.2, 0) is 4.74 Å². The Balaban J connectivity index is 1.21. The fourth-order valence-corrected chi connectivity index (χ4v) is 5.74. The van der Waals surface area contributed by atoms with Gasteiger partial charge in [0.1, 0.15) is 6.61 Å². The van der Waals surface area contributed by atoms with Crippen molar-refractivity contribution in [2.75, 3.05) is 39.4 Å². The van der Waals surface area contributed by atoms with Crippen LogP contribution in [0.15, 0.2) is 48.5 Å². The van der Waals surface area contributed by atoms with Gasteiger partial charge >= 0.3 is 6.09 Å². The van der Waals surface area contributed by atoms with Crippen molar-refractivity contribution in [2.45, 2.75) is 37.6 Å². The molecule has 2 aliphatic heterocycles. The van der Waals surface area contributed by atoms with E-state index in [0.717, 1.165) is 51.9 Å². The van der Waals surface area contributed by atoms with E-state index in [-0.39, 0.29) is 18.6 Å². The van der Waals surface area contributed by atoms with Crippen LogP contribution in [0.1, 0.15) is 42.7 Å².